The zero-order chi connectivity index (χ0) is 10.7. The van der Waals surface area contributed by atoms with Crippen molar-refractivity contribution in [1.29, 1.82) is 0 Å². The first-order chi connectivity index (χ1) is 7.25. The van der Waals surface area contributed by atoms with Crippen molar-refractivity contribution in [3.05, 3.63) is 42.0 Å². The normalized spacial score (nSPS) is 16.7. The van der Waals surface area contributed by atoms with E-state index in [9.17, 15) is 4.79 Å². The number of likely N-dealkylation sites (tertiary alicyclic amines) is 1. The fourth-order valence-electron chi connectivity index (χ4n) is 1.47. The average Bonchev–Trinajstić information content (AvgIpc) is 2.23. The Hall–Kier alpha value is -1.61. The van der Waals surface area contributed by atoms with Crippen LogP contribution in [0.3, 0.4) is 0 Å². The molecule has 15 heavy (non-hydrogen) atoms. The summed E-state index contributed by atoms with van der Waals surface area (Å²) in [4.78, 5) is 13.1. The van der Waals surface area contributed by atoms with Crippen LogP contribution in [-0.4, -0.2) is 35.1 Å². The molecule has 0 saturated carbocycles. The van der Waals surface area contributed by atoms with Crippen LogP contribution in [0.1, 0.15) is 5.56 Å². The van der Waals surface area contributed by atoms with E-state index in [-0.39, 0.29) is 12.0 Å². The fraction of sp³-hybridized carbons (Fsp3) is 0.250. The Morgan fingerprint density at radius 3 is 2.60 bits per heavy atom. The molecular weight excluding hydrogens is 190 g/mol. The van der Waals surface area contributed by atoms with E-state index in [1.54, 1.807) is 17.1 Å². The topological polar surface area (TPSA) is 40.5 Å². The molecule has 1 aliphatic heterocycles. The quantitative estimate of drug-likeness (QED) is 0.725. The summed E-state index contributed by atoms with van der Waals surface area (Å²) in [6, 6.07) is 9.67. The number of hydrogen-bond donors (Lipinski definition) is 1. The molecule has 0 bridgehead atoms. The molecule has 1 saturated heterocycles. The number of rotatable bonds is 2. The van der Waals surface area contributed by atoms with Crippen LogP contribution >= 0.6 is 0 Å². The molecule has 1 amide bonds. The van der Waals surface area contributed by atoms with Gasteiger partial charge < -0.3 is 10.0 Å². The van der Waals surface area contributed by atoms with Crippen LogP contribution in [0, 0.1) is 0 Å². The lowest BCUT2D eigenvalue weighted by Crippen LogP contribution is -2.52. The van der Waals surface area contributed by atoms with Crippen molar-refractivity contribution in [2.75, 3.05) is 13.1 Å². The van der Waals surface area contributed by atoms with Gasteiger partial charge in [-0.1, -0.05) is 30.3 Å². The summed E-state index contributed by atoms with van der Waals surface area (Å²) in [6.45, 7) is 0.913. The molecule has 0 unspecified atom stereocenters. The van der Waals surface area contributed by atoms with E-state index >= 15 is 0 Å². The number of carbonyl (C=O) groups is 1. The van der Waals surface area contributed by atoms with Crippen LogP contribution in [0.5, 0.6) is 0 Å². The minimum Gasteiger partial charge on any atom is -0.389 e. The maximum Gasteiger partial charge on any atom is 0.246 e. The second-order valence-electron chi connectivity index (χ2n) is 3.64. The van der Waals surface area contributed by atoms with E-state index in [0.29, 0.717) is 13.1 Å². The van der Waals surface area contributed by atoms with Crippen LogP contribution in [0.4, 0.5) is 0 Å². The van der Waals surface area contributed by atoms with E-state index in [1.165, 1.54) is 0 Å². The largest absolute Gasteiger partial charge is 0.389 e. The Bertz CT molecular complexity index is 366. The predicted molar refractivity (Wildman–Crippen MR) is 58.1 cm³/mol. The van der Waals surface area contributed by atoms with Crippen LogP contribution in [0.15, 0.2) is 36.4 Å². The van der Waals surface area contributed by atoms with Gasteiger partial charge in [0.15, 0.2) is 0 Å². The van der Waals surface area contributed by atoms with Gasteiger partial charge in [-0.05, 0) is 11.6 Å². The van der Waals surface area contributed by atoms with E-state index in [1.807, 2.05) is 30.3 Å². The minimum absolute atomic E-state index is 0.0378. The maximum absolute atomic E-state index is 11.5. The van der Waals surface area contributed by atoms with Crippen molar-refractivity contribution in [3.8, 4) is 0 Å². The van der Waals surface area contributed by atoms with Crippen LogP contribution in [-0.2, 0) is 4.79 Å². The van der Waals surface area contributed by atoms with Gasteiger partial charge in [0.2, 0.25) is 5.91 Å². The van der Waals surface area contributed by atoms with Crippen molar-refractivity contribution in [2.24, 2.45) is 0 Å². The lowest BCUT2D eigenvalue weighted by Gasteiger charge is -2.34. The first-order valence-electron chi connectivity index (χ1n) is 4.96. The molecule has 3 heteroatoms. The van der Waals surface area contributed by atoms with Gasteiger partial charge in [-0.3, -0.25) is 4.79 Å². The summed E-state index contributed by atoms with van der Waals surface area (Å²) in [5.41, 5.74) is 1.01. The monoisotopic (exact) mass is 203 g/mol. The van der Waals surface area contributed by atoms with Crippen molar-refractivity contribution in [3.63, 3.8) is 0 Å². The van der Waals surface area contributed by atoms with E-state index < -0.39 is 0 Å². The smallest absolute Gasteiger partial charge is 0.246 e. The molecule has 0 atom stereocenters. The maximum atomic E-state index is 11.5. The highest BCUT2D eigenvalue weighted by Gasteiger charge is 2.26. The molecule has 0 aliphatic carbocycles. The second kappa shape index (κ2) is 4.28. The minimum atomic E-state index is -0.334. The number of amides is 1. The fourth-order valence-corrected chi connectivity index (χ4v) is 1.47. The molecule has 1 fully saturated rings. The summed E-state index contributed by atoms with van der Waals surface area (Å²) in [5, 5.41) is 9.03. The number of β-amino-alcohol motifs (C(OH)–C–C–N with tert-alkyl or cyclic N) is 1. The van der Waals surface area contributed by atoms with E-state index in [4.69, 9.17) is 5.11 Å². The van der Waals surface area contributed by atoms with Crippen molar-refractivity contribution in [2.45, 2.75) is 6.10 Å². The average molecular weight is 203 g/mol. The Kier molecular flexibility index (Phi) is 2.83. The van der Waals surface area contributed by atoms with Gasteiger partial charge >= 0.3 is 0 Å². The molecule has 78 valence electrons. The Labute approximate surface area is 88.6 Å². The first-order valence-corrected chi connectivity index (χ1v) is 4.96. The summed E-state index contributed by atoms with van der Waals surface area (Å²) < 4.78 is 0. The van der Waals surface area contributed by atoms with Crippen LogP contribution < -0.4 is 0 Å². The molecule has 1 aliphatic rings. The van der Waals surface area contributed by atoms with E-state index in [0.717, 1.165) is 5.56 Å². The third kappa shape index (κ3) is 2.44. The Balaban J connectivity index is 1.92. The van der Waals surface area contributed by atoms with Crippen molar-refractivity contribution >= 4 is 12.0 Å². The first kappa shape index (κ1) is 9.93. The van der Waals surface area contributed by atoms with Gasteiger partial charge in [-0.15, -0.1) is 0 Å². The Morgan fingerprint density at radius 2 is 2.00 bits per heavy atom. The summed E-state index contributed by atoms with van der Waals surface area (Å²) in [6.07, 6.45) is 2.99. The lowest BCUT2D eigenvalue weighted by molar-refractivity contribution is -0.135. The van der Waals surface area contributed by atoms with Gasteiger partial charge in [0.1, 0.15) is 0 Å². The highest BCUT2D eigenvalue weighted by atomic mass is 16.3. The number of hydrogen-bond acceptors (Lipinski definition) is 2. The molecule has 1 aromatic rings. The van der Waals surface area contributed by atoms with Crippen molar-refractivity contribution < 1.29 is 9.90 Å². The summed E-state index contributed by atoms with van der Waals surface area (Å²) in [7, 11) is 0. The van der Waals surface area contributed by atoms with E-state index in [2.05, 4.69) is 0 Å². The molecule has 0 radical (unpaired) electrons. The molecule has 1 N–H and O–H groups in total. The highest BCUT2D eigenvalue weighted by Crippen LogP contribution is 2.09. The number of aliphatic hydroxyl groups excluding tert-OH is 1. The molecule has 0 aromatic heterocycles. The number of benzene rings is 1. The van der Waals surface area contributed by atoms with Gasteiger partial charge in [-0.2, -0.15) is 0 Å². The second-order valence-corrected chi connectivity index (χ2v) is 3.64. The summed E-state index contributed by atoms with van der Waals surface area (Å²) >= 11 is 0. The van der Waals surface area contributed by atoms with Gasteiger partial charge in [0.25, 0.3) is 0 Å². The molecule has 2 rings (SSSR count). The summed E-state index contributed by atoms with van der Waals surface area (Å²) in [5.74, 6) is -0.0378. The SMILES string of the molecule is O=C(/C=C/c1ccccc1)N1CC(O)C1. The third-order valence-corrected chi connectivity index (χ3v) is 2.39. The Morgan fingerprint density at radius 1 is 1.33 bits per heavy atom. The molecule has 3 nitrogen and oxygen atoms in total. The molecule has 1 heterocycles. The number of nitrogens with zero attached hydrogens (tertiary/aromatic N) is 1. The van der Waals surface area contributed by atoms with Gasteiger partial charge in [0, 0.05) is 19.2 Å². The highest BCUT2D eigenvalue weighted by molar-refractivity contribution is 5.92. The molecule has 1 aromatic carbocycles. The zero-order valence-corrected chi connectivity index (χ0v) is 8.34. The third-order valence-electron chi connectivity index (χ3n) is 2.39. The van der Waals surface area contributed by atoms with Crippen LogP contribution in [0.2, 0.25) is 0 Å². The van der Waals surface area contributed by atoms with Gasteiger partial charge in [0.05, 0.1) is 6.10 Å². The predicted octanol–water partition coefficient (Wildman–Crippen LogP) is 0.903. The lowest BCUT2D eigenvalue weighted by atomic mass is 10.1. The standard InChI is InChI=1S/C12H13NO2/c14-11-8-13(9-11)12(15)7-6-10-4-2-1-3-5-10/h1-7,11,14H,8-9H2/b7-6+. The number of aliphatic hydroxyl groups is 1. The molecular formula is C12H13NO2. The van der Waals surface area contributed by atoms with Crippen LogP contribution in [0.25, 0.3) is 6.08 Å². The molecule has 0 spiro atoms. The van der Waals surface area contributed by atoms with Crippen molar-refractivity contribution in [1.82, 2.24) is 4.90 Å². The number of carbonyl (C=O) groups excluding carboxylic acids is 1. The van der Waals surface area contributed by atoms with Gasteiger partial charge in [-0.25, -0.2) is 0 Å². The zero-order valence-electron chi connectivity index (χ0n) is 8.34.